The number of carbonyl (C=O) groups excluding carboxylic acids is 2. The number of esters is 1. The van der Waals surface area contributed by atoms with Gasteiger partial charge in [-0.25, -0.2) is 4.79 Å². The fourth-order valence-electron chi connectivity index (χ4n) is 3.77. The summed E-state index contributed by atoms with van der Waals surface area (Å²) in [4.78, 5) is 47.6. The Morgan fingerprint density at radius 3 is 2.39 bits per heavy atom. The molecule has 0 aromatic rings. The van der Waals surface area contributed by atoms with Crippen molar-refractivity contribution in [2.45, 2.75) is 38.9 Å². The van der Waals surface area contributed by atoms with E-state index in [1.54, 1.807) is 13.8 Å². The molecule has 0 radical (unpaired) electrons. The maximum absolute atomic E-state index is 12.7. The molecule has 154 valence electrons. The summed E-state index contributed by atoms with van der Waals surface area (Å²) < 4.78 is 11.0. The van der Waals surface area contributed by atoms with E-state index in [4.69, 9.17) is 14.6 Å². The van der Waals surface area contributed by atoms with E-state index in [0.29, 0.717) is 12.2 Å². The third kappa shape index (κ3) is 4.24. The molecular formula is C19H25NO8. The monoisotopic (exact) mass is 395 g/mol. The Hall–Kier alpha value is -2.68. The molecule has 0 spiro atoms. The van der Waals surface area contributed by atoms with Crippen LogP contribution in [0.3, 0.4) is 0 Å². The first-order valence-corrected chi connectivity index (χ1v) is 9.05. The summed E-state index contributed by atoms with van der Waals surface area (Å²) in [5, 5.41) is 20.9. The smallest absolute Gasteiger partial charge is 0.332 e. The largest absolute Gasteiger partial charge is 0.481 e. The zero-order valence-corrected chi connectivity index (χ0v) is 15.8. The zero-order chi connectivity index (χ0) is 21.2. The van der Waals surface area contributed by atoms with E-state index in [0.717, 1.165) is 0 Å². The number of carboxylic acids is 2. The van der Waals surface area contributed by atoms with E-state index in [1.165, 1.54) is 0 Å². The fraction of sp³-hybridized carbons (Fsp3) is 0.579. The van der Waals surface area contributed by atoms with Gasteiger partial charge in [-0.3, -0.25) is 14.4 Å². The van der Waals surface area contributed by atoms with Gasteiger partial charge in [-0.15, -0.1) is 0 Å². The normalized spacial score (nSPS) is 32.5. The van der Waals surface area contributed by atoms with E-state index in [2.05, 4.69) is 18.5 Å². The molecule has 2 heterocycles. The summed E-state index contributed by atoms with van der Waals surface area (Å²) in [7, 11) is 0. The molecule has 0 saturated carbocycles. The molecule has 6 unspecified atom stereocenters. The van der Waals surface area contributed by atoms with Crippen LogP contribution in [-0.2, 0) is 28.7 Å². The van der Waals surface area contributed by atoms with Crippen LogP contribution in [0.15, 0.2) is 24.5 Å². The highest BCUT2D eigenvalue weighted by molar-refractivity contribution is 5.89. The summed E-state index contributed by atoms with van der Waals surface area (Å²) in [5.74, 6) is -6.37. The van der Waals surface area contributed by atoms with Gasteiger partial charge in [0, 0.05) is 18.0 Å². The lowest BCUT2D eigenvalue weighted by Gasteiger charge is -2.41. The number of hydrogen-bond donors (Lipinski definition) is 3. The molecule has 0 bridgehead atoms. The summed E-state index contributed by atoms with van der Waals surface area (Å²) >= 11 is 0. The predicted molar refractivity (Wildman–Crippen MR) is 95.9 cm³/mol. The predicted octanol–water partition coefficient (Wildman–Crippen LogP) is 0.951. The van der Waals surface area contributed by atoms with E-state index in [-0.39, 0.29) is 24.5 Å². The number of nitrogens with one attached hydrogen (secondary N) is 1. The van der Waals surface area contributed by atoms with Gasteiger partial charge in [-0.1, -0.05) is 27.0 Å². The Labute approximate surface area is 162 Å². The Balaban J connectivity index is 2.25. The van der Waals surface area contributed by atoms with Crippen LogP contribution in [0, 0.1) is 23.7 Å². The van der Waals surface area contributed by atoms with Gasteiger partial charge < -0.3 is 25.0 Å². The van der Waals surface area contributed by atoms with Gasteiger partial charge >= 0.3 is 17.9 Å². The van der Waals surface area contributed by atoms with Gasteiger partial charge in [0.2, 0.25) is 5.91 Å². The van der Waals surface area contributed by atoms with Gasteiger partial charge in [-0.05, 0) is 12.8 Å². The average molecular weight is 395 g/mol. The summed E-state index contributed by atoms with van der Waals surface area (Å²) in [6, 6.07) is 0. The lowest BCUT2D eigenvalue weighted by molar-refractivity contribution is -0.179. The second kappa shape index (κ2) is 8.55. The first-order valence-electron chi connectivity index (χ1n) is 9.05. The first-order chi connectivity index (χ1) is 13.1. The van der Waals surface area contributed by atoms with E-state index in [1.807, 2.05) is 0 Å². The fourth-order valence-corrected chi connectivity index (χ4v) is 3.77. The first kappa shape index (κ1) is 21.6. The molecule has 2 fully saturated rings. The van der Waals surface area contributed by atoms with Crippen LogP contribution in [0.5, 0.6) is 0 Å². The zero-order valence-electron chi connectivity index (χ0n) is 15.8. The molecule has 2 aliphatic rings. The molecule has 28 heavy (non-hydrogen) atoms. The Kier molecular flexibility index (Phi) is 6.60. The highest BCUT2D eigenvalue weighted by Crippen LogP contribution is 2.42. The maximum atomic E-state index is 12.7. The van der Waals surface area contributed by atoms with Crippen molar-refractivity contribution in [1.29, 1.82) is 0 Å². The van der Waals surface area contributed by atoms with Crippen molar-refractivity contribution in [3.05, 3.63) is 24.5 Å². The number of rotatable bonds is 7. The van der Waals surface area contributed by atoms with Crippen LogP contribution in [0.4, 0.5) is 0 Å². The number of allylic oxidation sites excluding steroid dienone is 1. The number of carbonyl (C=O) groups is 4. The van der Waals surface area contributed by atoms with Crippen LogP contribution in [0.2, 0.25) is 0 Å². The third-order valence-electron chi connectivity index (χ3n) is 5.42. The highest BCUT2D eigenvalue weighted by atomic mass is 16.6. The quantitative estimate of drug-likeness (QED) is 0.428. The van der Waals surface area contributed by atoms with Gasteiger partial charge in [-0.2, -0.15) is 0 Å². The summed E-state index contributed by atoms with van der Waals surface area (Å²) in [6.07, 6.45) is -1.16. The number of aliphatic carboxylic acids is 2. The maximum Gasteiger partial charge on any atom is 0.332 e. The minimum Gasteiger partial charge on any atom is -0.481 e. The third-order valence-corrected chi connectivity index (χ3v) is 5.42. The molecule has 2 rings (SSSR count). The second-order valence-corrected chi connectivity index (χ2v) is 7.16. The highest BCUT2D eigenvalue weighted by Gasteiger charge is 2.52. The standard InChI is InChI=1S/C19H25NO8/c1-5-12-15(18(24)25)11(16(21)20-7-8(2)17(22)23)6-13(28-12)14-9(3)10(4)27-19(14)26/h9,11-15H,2,4-7H2,1,3H3,(H,20,21)(H,22,23)(H,24,25). The number of hydrogen-bond acceptors (Lipinski definition) is 6. The van der Waals surface area contributed by atoms with Crippen LogP contribution in [0.1, 0.15) is 26.7 Å². The molecule has 9 heteroatoms. The Bertz CT molecular complexity index is 715. The van der Waals surface area contributed by atoms with Gasteiger partial charge in [0.25, 0.3) is 0 Å². The Morgan fingerprint density at radius 2 is 1.93 bits per heavy atom. The van der Waals surface area contributed by atoms with E-state index >= 15 is 0 Å². The van der Waals surface area contributed by atoms with E-state index in [9.17, 15) is 24.3 Å². The lowest BCUT2D eigenvalue weighted by atomic mass is 9.75. The molecule has 0 aromatic heterocycles. The molecule has 0 aliphatic carbocycles. The molecule has 1 amide bonds. The van der Waals surface area contributed by atoms with Gasteiger partial charge in [0.15, 0.2) is 0 Å². The van der Waals surface area contributed by atoms with Gasteiger partial charge in [0.05, 0.1) is 30.0 Å². The average Bonchev–Trinajstić information content (AvgIpc) is 2.89. The number of amides is 1. The van der Waals surface area contributed by atoms with Crippen LogP contribution < -0.4 is 5.32 Å². The van der Waals surface area contributed by atoms with Crippen molar-refractivity contribution in [1.82, 2.24) is 5.32 Å². The summed E-state index contributed by atoms with van der Waals surface area (Å²) in [5.41, 5.74) is -0.222. The SMILES string of the molecule is C=C(CNC(=O)C1CC(C2C(=O)OC(=C)C2C)OC(CC)C1C(=O)O)C(=O)O. The topological polar surface area (TPSA) is 139 Å². The molecule has 2 aliphatic heterocycles. The Morgan fingerprint density at radius 1 is 1.29 bits per heavy atom. The number of ether oxygens (including phenoxy) is 2. The van der Waals surface area contributed by atoms with Crippen molar-refractivity contribution in [3.63, 3.8) is 0 Å². The number of carboxylic acid groups (broad SMARTS) is 2. The van der Waals surface area contributed by atoms with Crippen molar-refractivity contribution in [2.24, 2.45) is 23.7 Å². The van der Waals surface area contributed by atoms with Crippen molar-refractivity contribution in [2.75, 3.05) is 6.54 Å². The second-order valence-electron chi connectivity index (χ2n) is 7.16. The van der Waals surface area contributed by atoms with Crippen LogP contribution in [-0.4, -0.2) is 52.8 Å². The van der Waals surface area contributed by atoms with Crippen molar-refractivity contribution < 1.29 is 38.9 Å². The minimum atomic E-state index is -1.26. The minimum absolute atomic E-state index is 0.00374. The molecule has 0 aromatic carbocycles. The number of cyclic esters (lactones) is 1. The molecule has 6 atom stereocenters. The van der Waals surface area contributed by atoms with Crippen LogP contribution in [0.25, 0.3) is 0 Å². The molecule has 3 N–H and O–H groups in total. The van der Waals surface area contributed by atoms with Crippen LogP contribution >= 0.6 is 0 Å². The molecular weight excluding hydrogens is 370 g/mol. The van der Waals surface area contributed by atoms with Crippen molar-refractivity contribution in [3.8, 4) is 0 Å². The molecule has 9 nitrogen and oxygen atoms in total. The van der Waals surface area contributed by atoms with Crippen molar-refractivity contribution >= 4 is 23.8 Å². The van der Waals surface area contributed by atoms with E-state index < -0.39 is 53.8 Å². The molecule has 2 saturated heterocycles. The van der Waals surface area contributed by atoms with Gasteiger partial charge in [0.1, 0.15) is 5.76 Å². The lowest BCUT2D eigenvalue weighted by Crippen LogP contribution is -2.53. The summed E-state index contributed by atoms with van der Waals surface area (Å²) in [6.45, 7) is 10.2.